The van der Waals surface area contributed by atoms with Gasteiger partial charge in [0.05, 0.1) is 29.4 Å². The molecule has 6 rings (SSSR count). The Balaban J connectivity index is 1.63. The molecule has 0 aromatic heterocycles. The molecule has 13 atom stereocenters. The van der Waals surface area contributed by atoms with Gasteiger partial charge in [0.1, 0.15) is 29.0 Å². The predicted octanol–water partition coefficient (Wildman–Crippen LogP) is 2.98. The zero-order chi connectivity index (χ0) is 36.7. The van der Waals surface area contributed by atoms with Crippen molar-refractivity contribution in [3.63, 3.8) is 0 Å². The van der Waals surface area contributed by atoms with Crippen molar-refractivity contribution in [1.29, 1.82) is 0 Å². The predicted molar refractivity (Wildman–Crippen MR) is 171 cm³/mol. The summed E-state index contributed by atoms with van der Waals surface area (Å²) in [5.41, 5.74) is -6.60. The number of carbonyl (C=O) groups excluding carboxylic acids is 6. The molecule has 5 aliphatic rings. The Kier molecular flexibility index (Phi) is 8.74. The highest BCUT2D eigenvalue weighted by molar-refractivity contribution is 5.95. The van der Waals surface area contributed by atoms with Gasteiger partial charge in [0, 0.05) is 38.5 Å². The summed E-state index contributed by atoms with van der Waals surface area (Å²) in [6.07, 6.45) is -5.38. The van der Waals surface area contributed by atoms with E-state index in [0.29, 0.717) is 0 Å². The van der Waals surface area contributed by atoms with Crippen LogP contribution < -0.4 is 0 Å². The van der Waals surface area contributed by atoms with Crippen LogP contribution >= 0.6 is 0 Å². The first kappa shape index (κ1) is 36.0. The van der Waals surface area contributed by atoms with Gasteiger partial charge >= 0.3 is 29.8 Å². The number of ketones is 1. The second kappa shape index (κ2) is 12.1. The third kappa shape index (κ3) is 5.17. The molecule has 0 amide bonds. The van der Waals surface area contributed by atoms with E-state index < -0.39 is 118 Å². The average molecular weight is 699 g/mol. The summed E-state index contributed by atoms with van der Waals surface area (Å²) in [7, 11) is 0. The van der Waals surface area contributed by atoms with E-state index in [1.54, 1.807) is 65.0 Å². The monoisotopic (exact) mass is 698 g/mol. The number of ether oxygens (including phenoxy) is 6. The van der Waals surface area contributed by atoms with Crippen molar-refractivity contribution in [2.75, 3.05) is 6.61 Å². The maximum atomic E-state index is 15.3. The zero-order valence-corrected chi connectivity index (χ0v) is 29.6. The van der Waals surface area contributed by atoms with E-state index in [2.05, 4.69) is 0 Å². The first-order chi connectivity index (χ1) is 23.3. The molecule has 5 fully saturated rings. The van der Waals surface area contributed by atoms with Crippen LogP contribution in [0.15, 0.2) is 30.3 Å². The second-order valence-electron chi connectivity index (χ2n) is 15.6. The van der Waals surface area contributed by atoms with E-state index in [4.69, 9.17) is 28.4 Å². The molecule has 50 heavy (non-hydrogen) atoms. The Labute approximate surface area is 290 Å². The number of hydrogen-bond donors (Lipinski definition) is 1. The second-order valence-corrected chi connectivity index (χ2v) is 15.6. The summed E-state index contributed by atoms with van der Waals surface area (Å²) in [6.45, 7) is 11.6. The van der Waals surface area contributed by atoms with E-state index in [0.717, 1.165) is 6.92 Å². The minimum atomic E-state index is -2.08. The summed E-state index contributed by atoms with van der Waals surface area (Å²) >= 11 is 0. The highest BCUT2D eigenvalue weighted by Crippen LogP contribution is 2.72. The molecular weight excluding hydrogens is 652 g/mol. The summed E-state index contributed by atoms with van der Waals surface area (Å²) in [4.78, 5) is 80.6. The molecule has 1 N–H and O–H groups in total. The van der Waals surface area contributed by atoms with Crippen molar-refractivity contribution in [3.05, 3.63) is 35.9 Å². The van der Waals surface area contributed by atoms with Crippen LogP contribution in [0.2, 0.25) is 0 Å². The van der Waals surface area contributed by atoms with Gasteiger partial charge in [0.25, 0.3) is 0 Å². The molecule has 1 aromatic carbocycles. The molecular formula is C37H46O13. The Morgan fingerprint density at radius 3 is 2.10 bits per heavy atom. The third-order valence-corrected chi connectivity index (χ3v) is 11.9. The molecule has 0 radical (unpaired) electrons. The van der Waals surface area contributed by atoms with E-state index >= 15 is 4.79 Å². The third-order valence-electron chi connectivity index (χ3n) is 11.9. The molecule has 13 unspecified atom stereocenters. The first-order valence-corrected chi connectivity index (χ1v) is 17.2. The number of rotatable bonds is 7. The van der Waals surface area contributed by atoms with E-state index in [-0.39, 0.29) is 25.0 Å². The number of esters is 5. The van der Waals surface area contributed by atoms with Gasteiger partial charge < -0.3 is 33.5 Å². The Morgan fingerprint density at radius 1 is 0.880 bits per heavy atom. The minimum Gasteiger partial charge on any atom is -0.462 e. The number of aliphatic hydroxyl groups is 1. The fourth-order valence-corrected chi connectivity index (χ4v) is 10.4. The lowest BCUT2D eigenvalue weighted by molar-refractivity contribution is -0.258. The van der Waals surface area contributed by atoms with Crippen LogP contribution in [-0.2, 0) is 52.4 Å². The normalized spacial score (nSPS) is 42.5. The SMILES string of the molecule is CC(=O)OC1C(C)CC2(O)C1C(OC(C)=O)C13COC(C)(C2OC(=O)c2ccccc2)C1C1C(CC1(C)OC(C)=O)C(OC(=O)C(C)C)C3=O. The molecule has 2 bridgehead atoms. The fourth-order valence-electron chi connectivity index (χ4n) is 10.4. The number of fused-ring (bicyclic) bond motifs is 2. The maximum absolute atomic E-state index is 15.3. The molecule has 0 spiro atoms. The molecule has 4 saturated carbocycles. The van der Waals surface area contributed by atoms with Gasteiger partial charge in [-0.25, -0.2) is 4.79 Å². The van der Waals surface area contributed by atoms with Crippen LogP contribution in [0.3, 0.4) is 0 Å². The molecule has 1 aromatic rings. The standard InChI is InChI=1S/C37H46O13/c1-17(2)31(42)48-27-23-15-34(7,50-21(6)40)24(23)28-35(8)33(49-32(43)22-12-10-9-11-13-22)37(44)14-18(3)26(46-19(4)38)25(37)30(47-20(5)39)36(28,16-45-35)29(27)41/h9-13,17-18,23-28,30,33,44H,14-16H2,1-8H3. The lowest BCUT2D eigenvalue weighted by Crippen LogP contribution is -2.75. The molecule has 1 heterocycles. The van der Waals surface area contributed by atoms with Crippen LogP contribution in [0, 0.1) is 40.9 Å². The van der Waals surface area contributed by atoms with E-state index in [1.165, 1.54) is 13.8 Å². The van der Waals surface area contributed by atoms with Gasteiger partial charge in [0.2, 0.25) is 0 Å². The molecule has 1 saturated heterocycles. The molecule has 4 aliphatic carbocycles. The van der Waals surface area contributed by atoms with Crippen molar-refractivity contribution in [3.8, 4) is 0 Å². The zero-order valence-electron chi connectivity index (χ0n) is 29.6. The van der Waals surface area contributed by atoms with Gasteiger partial charge in [-0.2, -0.15) is 0 Å². The quantitative estimate of drug-likeness (QED) is 0.325. The Bertz CT molecular complexity index is 1610. The smallest absolute Gasteiger partial charge is 0.338 e. The van der Waals surface area contributed by atoms with Crippen LogP contribution in [-0.4, -0.2) is 88.6 Å². The van der Waals surface area contributed by atoms with Crippen molar-refractivity contribution in [2.24, 2.45) is 40.9 Å². The topological polar surface area (TPSA) is 178 Å². The van der Waals surface area contributed by atoms with Crippen molar-refractivity contribution in [1.82, 2.24) is 0 Å². The largest absolute Gasteiger partial charge is 0.462 e. The lowest BCUT2D eigenvalue weighted by atomic mass is 9.42. The number of carbonyl (C=O) groups is 6. The highest BCUT2D eigenvalue weighted by Gasteiger charge is 2.86. The number of hydrogen-bond acceptors (Lipinski definition) is 13. The molecule has 13 heteroatoms. The van der Waals surface area contributed by atoms with Crippen LogP contribution in [0.5, 0.6) is 0 Å². The maximum Gasteiger partial charge on any atom is 0.338 e. The molecule has 1 aliphatic heterocycles. The lowest BCUT2D eigenvalue weighted by Gasteiger charge is -2.64. The van der Waals surface area contributed by atoms with Gasteiger partial charge in [-0.3, -0.25) is 24.0 Å². The van der Waals surface area contributed by atoms with E-state index in [1.807, 2.05) is 0 Å². The fraction of sp³-hybridized carbons (Fsp3) is 0.676. The van der Waals surface area contributed by atoms with Crippen molar-refractivity contribution >= 4 is 35.6 Å². The summed E-state index contributed by atoms with van der Waals surface area (Å²) in [5, 5.41) is 13.1. The van der Waals surface area contributed by atoms with Crippen LogP contribution in [0.1, 0.15) is 78.6 Å². The van der Waals surface area contributed by atoms with Crippen molar-refractivity contribution in [2.45, 2.75) is 109 Å². The summed E-state index contributed by atoms with van der Waals surface area (Å²) in [5.74, 6) is -8.91. The number of benzene rings is 1. The molecule has 272 valence electrons. The van der Waals surface area contributed by atoms with Crippen LogP contribution in [0.25, 0.3) is 0 Å². The van der Waals surface area contributed by atoms with Gasteiger partial charge in [-0.15, -0.1) is 0 Å². The average Bonchev–Trinajstić information content (AvgIpc) is 3.44. The summed E-state index contributed by atoms with van der Waals surface area (Å²) in [6, 6.07) is 8.16. The first-order valence-electron chi connectivity index (χ1n) is 17.2. The van der Waals surface area contributed by atoms with Gasteiger partial charge in [-0.05, 0) is 44.7 Å². The Morgan fingerprint density at radius 2 is 1.52 bits per heavy atom. The minimum absolute atomic E-state index is 0.0862. The molecule has 13 nitrogen and oxygen atoms in total. The van der Waals surface area contributed by atoms with Crippen molar-refractivity contribution < 1.29 is 62.3 Å². The highest BCUT2D eigenvalue weighted by atomic mass is 16.6. The number of Topliss-reactive ketones (excluding diaryl/α,β-unsaturated/α-hetero) is 1. The van der Waals surface area contributed by atoms with Gasteiger partial charge in [0.15, 0.2) is 18.0 Å². The Hall–Kier alpha value is -3.84. The van der Waals surface area contributed by atoms with E-state index in [9.17, 15) is 29.1 Å². The van der Waals surface area contributed by atoms with Crippen LogP contribution in [0.4, 0.5) is 0 Å². The summed E-state index contributed by atoms with van der Waals surface area (Å²) < 4.78 is 36.9. The van der Waals surface area contributed by atoms with Gasteiger partial charge in [-0.1, -0.05) is 39.0 Å².